The van der Waals surface area contributed by atoms with Gasteiger partial charge in [-0.2, -0.15) is 0 Å². The summed E-state index contributed by atoms with van der Waals surface area (Å²) in [7, 11) is 0. The molecule has 1 nitrogen and oxygen atoms in total. The van der Waals surface area contributed by atoms with Crippen molar-refractivity contribution in [2.24, 2.45) is 5.41 Å². The predicted molar refractivity (Wildman–Crippen MR) is 30.9 cm³/mol. The van der Waals surface area contributed by atoms with Gasteiger partial charge in [-0.25, -0.2) is 0 Å². The van der Waals surface area contributed by atoms with Crippen LogP contribution in [0.1, 0.15) is 13.8 Å². The molecular formula is C6H11IN-. The van der Waals surface area contributed by atoms with Crippen molar-refractivity contribution in [3.8, 4) is 0 Å². The average molecular weight is 224 g/mol. The zero-order valence-corrected chi connectivity index (χ0v) is 7.40. The van der Waals surface area contributed by atoms with Gasteiger partial charge in [0, 0.05) is 0 Å². The summed E-state index contributed by atoms with van der Waals surface area (Å²) >= 11 is 0.357. The molecule has 1 atom stereocenters. The second kappa shape index (κ2) is 1.99. The van der Waals surface area contributed by atoms with Crippen LogP contribution in [0.25, 0.3) is 0 Å². The molecular weight excluding hydrogens is 213 g/mol. The Kier molecular flexibility index (Phi) is 1.63. The number of nitrogens with one attached hydrogen (secondary N) is 1. The van der Waals surface area contributed by atoms with Gasteiger partial charge in [0.25, 0.3) is 0 Å². The molecule has 0 aliphatic carbocycles. The molecule has 0 saturated carbocycles. The molecule has 8 heavy (non-hydrogen) atoms. The molecule has 0 aromatic carbocycles. The Morgan fingerprint density at radius 2 is 2.25 bits per heavy atom. The van der Waals surface area contributed by atoms with Gasteiger partial charge in [0.15, 0.2) is 0 Å². The van der Waals surface area contributed by atoms with Crippen LogP contribution in [-0.2, 0) is 0 Å². The molecule has 0 bridgehead atoms. The van der Waals surface area contributed by atoms with Crippen molar-refractivity contribution in [2.75, 3.05) is 0 Å². The molecule has 1 aliphatic rings. The molecule has 1 heterocycles. The first-order valence-electron chi connectivity index (χ1n) is 2.68. The van der Waals surface area contributed by atoms with Crippen molar-refractivity contribution in [1.29, 1.82) is 0 Å². The van der Waals surface area contributed by atoms with Crippen LogP contribution in [0.5, 0.6) is 0 Å². The summed E-state index contributed by atoms with van der Waals surface area (Å²) in [6.45, 7) is 8.22. The minimum absolute atomic E-state index is 0.354. The Bertz CT molecular complexity index is 105. The normalized spacial score (nSPS) is 28.5. The molecule has 0 aromatic rings. The van der Waals surface area contributed by atoms with Gasteiger partial charge in [0.1, 0.15) is 0 Å². The Hall–Kier alpha value is 0.430. The second-order valence-corrected chi connectivity index (χ2v) is 5.10. The molecule has 0 radical (unpaired) electrons. The Morgan fingerprint density at radius 1 is 1.75 bits per heavy atom. The van der Waals surface area contributed by atoms with E-state index in [1.54, 1.807) is 0 Å². The van der Waals surface area contributed by atoms with E-state index >= 15 is 0 Å². The maximum absolute atomic E-state index is 3.77. The number of rotatable bonds is 2. The second-order valence-electron chi connectivity index (χ2n) is 2.61. The SMILES string of the molecule is C=CC(C)(C)C1N[I-]1. The summed E-state index contributed by atoms with van der Waals surface area (Å²) in [5, 5.41) is 0. The van der Waals surface area contributed by atoms with Crippen LogP contribution in [0.4, 0.5) is 0 Å². The van der Waals surface area contributed by atoms with Gasteiger partial charge in [-0.15, -0.1) is 0 Å². The van der Waals surface area contributed by atoms with E-state index in [-0.39, 0.29) is 0 Å². The van der Waals surface area contributed by atoms with Gasteiger partial charge in [0.05, 0.1) is 0 Å². The molecule has 2 heteroatoms. The number of hydrogen-bond donors (Lipinski definition) is 1. The number of halogens is 1. The van der Waals surface area contributed by atoms with Crippen LogP contribution in [0.3, 0.4) is 0 Å². The molecule has 1 rings (SSSR count). The summed E-state index contributed by atoms with van der Waals surface area (Å²) in [6, 6.07) is 0. The van der Waals surface area contributed by atoms with E-state index in [4.69, 9.17) is 0 Å². The van der Waals surface area contributed by atoms with Crippen LogP contribution in [0.15, 0.2) is 12.7 Å². The van der Waals surface area contributed by atoms with Gasteiger partial charge < -0.3 is 0 Å². The Balaban J connectivity index is 2.49. The zero-order valence-electron chi connectivity index (χ0n) is 5.24. The molecule has 1 saturated heterocycles. The topological polar surface area (TPSA) is 21.9 Å². The molecule has 0 aromatic heterocycles. The van der Waals surface area contributed by atoms with Crippen molar-refractivity contribution in [2.45, 2.75) is 17.9 Å². The average Bonchev–Trinajstić information content (AvgIpc) is 2.44. The van der Waals surface area contributed by atoms with Gasteiger partial charge >= 0.3 is 61.0 Å². The number of hydrogen-bond acceptors (Lipinski definition) is 1. The van der Waals surface area contributed by atoms with Crippen molar-refractivity contribution < 1.29 is 21.5 Å². The predicted octanol–water partition coefficient (Wildman–Crippen LogP) is -1.87. The van der Waals surface area contributed by atoms with Crippen LogP contribution < -0.4 is 25.0 Å². The summed E-state index contributed by atoms with van der Waals surface area (Å²) in [6.07, 6.45) is 2.04. The van der Waals surface area contributed by atoms with Crippen LogP contribution in [0.2, 0.25) is 0 Å². The van der Waals surface area contributed by atoms with E-state index < -0.39 is 0 Å². The summed E-state index contributed by atoms with van der Waals surface area (Å²) in [5.41, 5.74) is 0.354. The molecule has 0 spiro atoms. The summed E-state index contributed by atoms with van der Waals surface area (Å²) in [4.78, 5) is 0. The van der Waals surface area contributed by atoms with Crippen LogP contribution in [-0.4, -0.2) is 4.05 Å². The van der Waals surface area contributed by atoms with Crippen molar-refractivity contribution >= 4 is 0 Å². The molecule has 1 fully saturated rings. The third-order valence-corrected chi connectivity index (χ3v) is 4.25. The monoisotopic (exact) mass is 224 g/mol. The summed E-state index contributed by atoms with van der Waals surface area (Å²) in [5.74, 6) is 0. The zero-order chi connectivity index (χ0) is 6.20. The van der Waals surface area contributed by atoms with Gasteiger partial charge in [-0.05, 0) is 0 Å². The van der Waals surface area contributed by atoms with E-state index in [9.17, 15) is 0 Å². The van der Waals surface area contributed by atoms with E-state index in [0.29, 0.717) is 26.9 Å². The van der Waals surface area contributed by atoms with E-state index in [0.717, 1.165) is 4.05 Å². The quantitative estimate of drug-likeness (QED) is 0.146. The fourth-order valence-electron chi connectivity index (χ4n) is 0.416. The van der Waals surface area contributed by atoms with Crippen molar-refractivity contribution in [1.82, 2.24) is 3.53 Å². The maximum atomic E-state index is 3.77. The van der Waals surface area contributed by atoms with Gasteiger partial charge in [-0.3, -0.25) is 0 Å². The fraction of sp³-hybridized carbons (Fsp3) is 0.667. The van der Waals surface area contributed by atoms with Crippen LogP contribution >= 0.6 is 0 Å². The first kappa shape index (κ1) is 6.55. The third kappa shape index (κ3) is 1.23. The Morgan fingerprint density at radius 3 is 2.38 bits per heavy atom. The standard InChI is InChI=1S/C6H11IN/c1-4-6(2,3)5-7-8-5/h4-5,8H,1H2,2-3H3/q-1. The van der Waals surface area contributed by atoms with E-state index in [1.807, 2.05) is 6.08 Å². The number of alkyl halides is 1. The first-order chi connectivity index (χ1) is 3.67. The third-order valence-electron chi connectivity index (χ3n) is 1.40. The minimum atomic E-state index is 0.354. The molecule has 1 unspecified atom stereocenters. The Labute approximate surface area is 61.2 Å². The van der Waals surface area contributed by atoms with E-state index in [2.05, 4.69) is 24.0 Å². The van der Waals surface area contributed by atoms with Gasteiger partial charge in [-0.1, -0.05) is 0 Å². The molecule has 48 valence electrons. The van der Waals surface area contributed by atoms with Crippen molar-refractivity contribution in [3.63, 3.8) is 0 Å². The summed E-state index contributed by atoms with van der Waals surface area (Å²) < 4.78 is 4.17. The molecule has 1 N–H and O–H groups in total. The van der Waals surface area contributed by atoms with E-state index in [1.165, 1.54) is 0 Å². The molecule has 0 amide bonds. The molecule has 1 aliphatic heterocycles. The van der Waals surface area contributed by atoms with Gasteiger partial charge in [0.2, 0.25) is 0 Å². The van der Waals surface area contributed by atoms with Crippen LogP contribution in [0, 0.1) is 5.41 Å². The first-order valence-corrected chi connectivity index (χ1v) is 5.01. The fourth-order valence-corrected chi connectivity index (χ4v) is 2.46. The van der Waals surface area contributed by atoms with Crippen molar-refractivity contribution in [3.05, 3.63) is 12.7 Å².